The molecule has 0 spiro atoms. The number of ketones is 1. The SMILES string of the molecule is Cc1ccc2c(c1)CC=C2CCNCc1ccc(/C=C/C(=O)CO)cc1. The first-order valence-electron chi connectivity index (χ1n) is 9.06. The van der Waals surface area contributed by atoms with E-state index >= 15 is 0 Å². The van der Waals surface area contributed by atoms with Crippen molar-refractivity contribution in [2.75, 3.05) is 13.2 Å². The Bertz CT molecular complexity index is 832. The van der Waals surface area contributed by atoms with Crippen LogP contribution in [0.25, 0.3) is 11.6 Å². The molecule has 3 nitrogen and oxygen atoms in total. The average molecular weight is 347 g/mol. The van der Waals surface area contributed by atoms with Crippen LogP contribution in [0.15, 0.2) is 54.6 Å². The highest BCUT2D eigenvalue weighted by Crippen LogP contribution is 2.30. The lowest BCUT2D eigenvalue weighted by atomic mass is 10.0. The summed E-state index contributed by atoms with van der Waals surface area (Å²) in [6.45, 7) is 3.48. The first-order valence-corrected chi connectivity index (χ1v) is 9.06. The van der Waals surface area contributed by atoms with Crippen LogP contribution < -0.4 is 5.32 Å². The zero-order valence-electron chi connectivity index (χ0n) is 15.2. The lowest BCUT2D eigenvalue weighted by Crippen LogP contribution is -2.14. The van der Waals surface area contributed by atoms with Gasteiger partial charge in [-0.2, -0.15) is 0 Å². The summed E-state index contributed by atoms with van der Waals surface area (Å²) in [5.41, 5.74) is 7.80. The van der Waals surface area contributed by atoms with E-state index in [2.05, 4.69) is 48.6 Å². The van der Waals surface area contributed by atoms with E-state index in [1.54, 1.807) is 6.08 Å². The standard InChI is InChI=1S/C23H25NO2/c1-17-2-11-23-20(8-9-21(23)14-17)12-13-24-15-19-5-3-18(4-6-19)7-10-22(26)16-25/h2-8,10-11,14,24-25H,9,12-13,15-16H2,1H3/b10-7+. The summed E-state index contributed by atoms with van der Waals surface area (Å²) >= 11 is 0. The van der Waals surface area contributed by atoms with Crippen LogP contribution in [0.5, 0.6) is 0 Å². The Morgan fingerprint density at radius 1 is 1.19 bits per heavy atom. The van der Waals surface area contributed by atoms with Gasteiger partial charge in [-0.05, 0) is 60.2 Å². The summed E-state index contributed by atoms with van der Waals surface area (Å²) in [6.07, 6.45) is 7.57. The van der Waals surface area contributed by atoms with E-state index in [4.69, 9.17) is 5.11 Å². The molecule has 134 valence electrons. The predicted octanol–water partition coefficient (Wildman–Crippen LogP) is 3.69. The van der Waals surface area contributed by atoms with E-state index in [-0.39, 0.29) is 5.78 Å². The Kier molecular flexibility index (Phi) is 6.16. The highest BCUT2D eigenvalue weighted by molar-refractivity contribution is 5.94. The van der Waals surface area contributed by atoms with Crippen LogP contribution in [0.3, 0.4) is 0 Å². The van der Waals surface area contributed by atoms with E-state index in [1.807, 2.05) is 12.1 Å². The monoisotopic (exact) mass is 347 g/mol. The molecule has 1 aliphatic rings. The smallest absolute Gasteiger partial charge is 0.181 e. The maximum Gasteiger partial charge on any atom is 0.181 e. The Labute approximate surface area is 155 Å². The van der Waals surface area contributed by atoms with Gasteiger partial charge in [0, 0.05) is 6.54 Å². The molecule has 0 saturated heterocycles. The maximum absolute atomic E-state index is 11.1. The first kappa shape index (κ1) is 18.3. The number of rotatable bonds is 8. The molecule has 2 aromatic carbocycles. The van der Waals surface area contributed by atoms with Crippen LogP contribution in [-0.2, 0) is 17.8 Å². The zero-order valence-corrected chi connectivity index (χ0v) is 15.2. The number of aliphatic hydroxyl groups excluding tert-OH is 1. The lowest BCUT2D eigenvalue weighted by Gasteiger charge is -2.08. The van der Waals surface area contributed by atoms with Crippen molar-refractivity contribution < 1.29 is 9.90 Å². The molecule has 0 bridgehead atoms. The van der Waals surface area contributed by atoms with E-state index in [0.29, 0.717) is 0 Å². The van der Waals surface area contributed by atoms with Gasteiger partial charge in [0.25, 0.3) is 0 Å². The van der Waals surface area contributed by atoms with Gasteiger partial charge in [-0.15, -0.1) is 0 Å². The van der Waals surface area contributed by atoms with Gasteiger partial charge in [0.15, 0.2) is 5.78 Å². The van der Waals surface area contributed by atoms with Crippen LogP contribution in [0, 0.1) is 6.92 Å². The summed E-state index contributed by atoms with van der Waals surface area (Å²) in [6, 6.07) is 14.8. The molecule has 3 heteroatoms. The van der Waals surface area contributed by atoms with Crippen molar-refractivity contribution in [2.45, 2.75) is 26.3 Å². The van der Waals surface area contributed by atoms with Gasteiger partial charge >= 0.3 is 0 Å². The van der Waals surface area contributed by atoms with Crippen LogP contribution in [0.4, 0.5) is 0 Å². The van der Waals surface area contributed by atoms with Crippen molar-refractivity contribution in [3.63, 3.8) is 0 Å². The van der Waals surface area contributed by atoms with Crippen molar-refractivity contribution in [2.24, 2.45) is 0 Å². The number of hydrogen-bond acceptors (Lipinski definition) is 3. The second kappa shape index (κ2) is 8.75. The van der Waals surface area contributed by atoms with Gasteiger partial charge in [0.1, 0.15) is 6.61 Å². The largest absolute Gasteiger partial charge is 0.388 e. The lowest BCUT2D eigenvalue weighted by molar-refractivity contribution is -0.117. The van der Waals surface area contributed by atoms with Gasteiger partial charge in [-0.3, -0.25) is 4.79 Å². The van der Waals surface area contributed by atoms with E-state index in [1.165, 1.54) is 33.9 Å². The molecule has 0 heterocycles. The number of benzene rings is 2. The fourth-order valence-electron chi connectivity index (χ4n) is 3.23. The summed E-state index contributed by atoms with van der Waals surface area (Å²) < 4.78 is 0. The molecule has 2 N–H and O–H groups in total. The minimum atomic E-state index is -0.445. The third-order valence-corrected chi connectivity index (χ3v) is 4.67. The summed E-state index contributed by atoms with van der Waals surface area (Å²) in [5, 5.41) is 12.2. The molecule has 0 amide bonds. The zero-order chi connectivity index (χ0) is 18.4. The van der Waals surface area contributed by atoms with Crippen molar-refractivity contribution in [3.8, 4) is 0 Å². The second-order valence-electron chi connectivity index (χ2n) is 6.72. The number of fused-ring (bicyclic) bond motifs is 1. The fourth-order valence-corrected chi connectivity index (χ4v) is 3.23. The van der Waals surface area contributed by atoms with Gasteiger partial charge in [-0.1, -0.05) is 60.2 Å². The molecule has 0 saturated carbocycles. The number of hydrogen-bond donors (Lipinski definition) is 2. The van der Waals surface area contributed by atoms with Crippen LogP contribution in [0.1, 0.15) is 34.2 Å². The number of carbonyl (C=O) groups excluding carboxylic acids is 1. The highest BCUT2D eigenvalue weighted by atomic mass is 16.3. The fraction of sp³-hybridized carbons (Fsp3) is 0.261. The number of aliphatic hydroxyl groups is 1. The van der Waals surface area contributed by atoms with Crippen molar-refractivity contribution in [1.29, 1.82) is 0 Å². The number of allylic oxidation sites excluding steroid dienone is 1. The normalized spacial score (nSPS) is 13.1. The minimum Gasteiger partial charge on any atom is -0.388 e. The summed E-state index contributed by atoms with van der Waals surface area (Å²) in [5.74, 6) is -0.284. The van der Waals surface area contributed by atoms with Crippen LogP contribution >= 0.6 is 0 Å². The van der Waals surface area contributed by atoms with Gasteiger partial charge in [-0.25, -0.2) is 0 Å². The van der Waals surface area contributed by atoms with Crippen LogP contribution in [0.2, 0.25) is 0 Å². The molecule has 0 unspecified atom stereocenters. The molecule has 2 aromatic rings. The second-order valence-corrected chi connectivity index (χ2v) is 6.72. The quantitative estimate of drug-likeness (QED) is 0.566. The first-order chi connectivity index (χ1) is 12.7. The molecular formula is C23H25NO2. The van der Waals surface area contributed by atoms with Crippen LogP contribution in [-0.4, -0.2) is 24.0 Å². The Hall–Kier alpha value is -2.49. The third-order valence-electron chi connectivity index (χ3n) is 4.67. The Morgan fingerprint density at radius 3 is 2.77 bits per heavy atom. The van der Waals surface area contributed by atoms with E-state index in [9.17, 15) is 4.79 Å². The molecule has 0 atom stereocenters. The number of aryl methyl sites for hydroxylation is 1. The summed E-state index contributed by atoms with van der Waals surface area (Å²) in [7, 11) is 0. The minimum absolute atomic E-state index is 0.284. The molecule has 0 fully saturated rings. The van der Waals surface area contributed by atoms with E-state index < -0.39 is 6.61 Å². The Morgan fingerprint density at radius 2 is 2.00 bits per heavy atom. The van der Waals surface area contributed by atoms with Crippen molar-refractivity contribution >= 4 is 17.4 Å². The number of nitrogens with one attached hydrogen (secondary N) is 1. The molecule has 0 aromatic heterocycles. The third kappa shape index (κ3) is 4.78. The van der Waals surface area contributed by atoms with E-state index in [0.717, 1.165) is 31.5 Å². The van der Waals surface area contributed by atoms with Gasteiger partial charge in [0.05, 0.1) is 0 Å². The molecule has 1 aliphatic carbocycles. The molecule has 3 rings (SSSR count). The van der Waals surface area contributed by atoms with Crippen molar-refractivity contribution in [3.05, 3.63) is 82.4 Å². The average Bonchev–Trinajstić information content (AvgIpc) is 3.06. The molecule has 0 aliphatic heterocycles. The van der Waals surface area contributed by atoms with Crippen molar-refractivity contribution in [1.82, 2.24) is 5.32 Å². The molecule has 0 radical (unpaired) electrons. The Balaban J connectivity index is 1.45. The summed E-state index contributed by atoms with van der Waals surface area (Å²) in [4.78, 5) is 11.1. The number of carbonyl (C=O) groups is 1. The topological polar surface area (TPSA) is 49.3 Å². The predicted molar refractivity (Wildman–Crippen MR) is 107 cm³/mol. The van der Waals surface area contributed by atoms with Gasteiger partial charge < -0.3 is 10.4 Å². The molecule has 26 heavy (non-hydrogen) atoms. The highest BCUT2D eigenvalue weighted by Gasteiger charge is 2.13. The molecular weight excluding hydrogens is 322 g/mol. The van der Waals surface area contributed by atoms with Gasteiger partial charge in [0.2, 0.25) is 0 Å². The maximum atomic E-state index is 11.1.